The lowest BCUT2D eigenvalue weighted by Crippen LogP contribution is -2.52. The maximum absolute atomic E-state index is 13.1. The number of hydrogen-bond donors (Lipinski definition) is 5. The predicted octanol–water partition coefficient (Wildman–Crippen LogP) is 2.42. The van der Waals surface area contributed by atoms with Gasteiger partial charge in [0.15, 0.2) is 12.4 Å². The van der Waals surface area contributed by atoms with Crippen LogP contribution in [0.1, 0.15) is 59.7 Å². The van der Waals surface area contributed by atoms with Crippen molar-refractivity contribution in [1.82, 2.24) is 34.8 Å². The van der Waals surface area contributed by atoms with Crippen molar-refractivity contribution in [3.05, 3.63) is 87.3 Å². The predicted molar refractivity (Wildman–Crippen MR) is 196 cm³/mol. The highest BCUT2D eigenvalue weighted by molar-refractivity contribution is 6.06. The van der Waals surface area contributed by atoms with Crippen LogP contribution in [0.3, 0.4) is 0 Å². The number of piperidine rings is 1. The quantitative estimate of drug-likeness (QED) is 0.156. The summed E-state index contributed by atoms with van der Waals surface area (Å²) in [7, 11) is 0. The van der Waals surface area contributed by atoms with Gasteiger partial charge in [-0.2, -0.15) is 5.10 Å². The van der Waals surface area contributed by atoms with E-state index in [0.717, 1.165) is 5.56 Å². The summed E-state index contributed by atoms with van der Waals surface area (Å²) in [5, 5.41) is 32.3. The second-order valence-electron chi connectivity index (χ2n) is 14.0. The van der Waals surface area contributed by atoms with Gasteiger partial charge in [0, 0.05) is 68.6 Å². The average molecular weight is 753 g/mol. The minimum atomic E-state index is -0.860. The summed E-state index contributed by atoms with van der Waals surface area (Å²) in [6.07, 6.45) is -0.520. The fourth-order valence-corrected chi connectivity index (χ4v) is 7.18. The van der Waals surface area contributed by atoms with Crippen molar-refractivity contribution in [3.63, 3.8) is 0 Å². The van der Waals surface area contributed by atoms with Gasteiger partial charge in [0.2, 0.25) is 11.8 Å². The number of ether oxygens (including phenoxy) is 1. The molecule has 3 aliphatic heterocycles. The van der Waals surface area contributed by atoms with Crippen molar-refractivity contribution in [2.45, 2.75) is 51.7 Å². The van der Waals surface area contributed by atoms with Gasteiger partial charge in [0.05, 0.1) is 11.3 Å². The van der Waals surface area contributed by atoms with E-state index in [9.17, 15) is 39.0 Å². The number of fused-ring (bicyclic) bond motifs is 1. The van der Waals surface area contributed by atoms with E-state index in [1.165, 1.54) is 15.5 Å². The number of anilines is 1. The molecule has 1 aromatic heterocycles. The number of hydrogen-bond acceptors (Lipinski definition) is 11. The molecule has 0 saturated carbocycles. The third kappa shape index (κ3) is 7.50. The van der Waals surface area contributed by atoms with E-state index in [4.69, 9.17) is 4.74 Å². The molecule has 3 aromatic carbocycles. The zero-order valence-electron chi connectivity index (χ0n) is 30.2. The maximum Gasteiger partial charge on any atom is 0.412 e. The first-order valence-corrected chi connectivity index (χ1v) is 17.9. The van der Waals surface area contributed by atoms with Crippen LogP contribution in [0.25, 0.3) is 17.1 Å². The fourth-order valence-electron chi connectivity index (χ4n) is 7.18. The largest absolute Gasteiger partial charge is 0.508 e. The first-order valence-electron chi connectivity index (χ1n) is 17.9. The van der Waals surface area contributed by atoms with E-state index < -0.39 is 30.3 Å². The van der Waals surface area contributed by atoms with Gasteiger partial charge in [-0.25, -0.2) is 19.3 Å². The molecule has 5 N–H and O–H groups in total. The van der Waals surface area contributed by atoms with E-state index in [1.54, 1.807) is 41.3 Å². The lowest BCUT2D eigenvalue weighted by atomic mass is 9.98. The number of amides is 5. The molecule has 4 heterocycles. The molecule has 0 radical (unpaired) electrons. The molecule has 7 rings (SSSR count). The topological polar surface area (TPSA) is 219 Å². The Morgan fingerprint density at radius 1 is 0.964 bits per heavy atom. The Morgan fingerprint density at radius 2 is 1.71 bits per heavy atom. The lowest BCUT2D eigenvalue weighted by Gasteiger charge is -2.34. The Kier molecular flexibility index (Phi) is 10.1. The summed E-state index contributed by atoms with van der Waals surface area (Å²) in [6.45, 7) is 6.02. The number of nitrogens with one attached hydrogen (secondary N) is 3. The molecular formula is C38H40N8O9. The van der Waals surface area contributed by atoms with Crippen LogP contribution in [-0.4, -0.2) is 108 Å². The maximum atomic E-state index is 13.1. The van der Waals surface area contributed by atoms with Crippen LogP contribution in [-0.2, 0) is 32.2 Å². The van der Waals surface area contributed by atoms with Gasteiger partial charge in [-0.05, 0) is 53.8 Å². The Bertz CT molecular complexity index is 2240. The Hall–Kier alpha value is -6.49. The number of nitrogens with zero attached hydrogens (tertiary/aromatic N) is 5. The van der Waals surface area contributed by atoms with Crippen molar-refractivity contribution in [2.75, 3.05) is 38.1 Å². The summed E-state index contributed by atoms with van der Waals surface area (Å²) in [5.41, 5.74) is 3.12. The number of phenolic OH excluding ortho intramolecular Hbond substituents is 2. The molecule has 3 aliphatic rings. The third-order valence-corrected chi connectivity index (χ3v) is 10.2. The van der Waals surface area contributed by atoms with Gasteiger partial charge in [-0.3, -0.25) is 34.7 Å². The molecule has 1 atom stereocenters. The average Bonchev–Trinajstić information content (AvgIpc) is 3.70. The summed E-state index contributed by atoms with van der Waals surface area (Å²) < 4.78 is 6.60. The zero-order chi connectivity index (χ0) is 39.0. The van der Waals surface area contributed by atoms with E-state index >= 15 is 0 Å². The third-order valence-electron chi connectivity index (χ3n) is 10.2. The van der Waals surface area contributed by atoms with E-state index in [0.29, 0.717) is 66.4 Å². The highest BCUT2D eigenvalue weighted by Gasteiger charge is 2.40. The number of aromatic hydroxyl groups is 2. The number of carbonyl (C=O) groups is 5. The molecule has 17 heteroatoms. The minimum Gasteiger partial charge on any atom is -0.508 e. The molecule has 5 amide bonds. The van der Waals surface area contributed by atoms with E-state index in [2.05, 4.69) is 25.7 Å². The van der Waals surface area contributed by atoms with Crippen molar-refractivity contribution in [3.8, 4) is 28.6 Å². The molecule has 55 heavy (non-hydrogen) atoms. The van der Waals surface area contributed by atoms with Crippen LogP contribution in [0.15, 0.2) is 59.4 Å². The number of aromatic amines is 1. The number of H-pyrrole nitrogens is 1. The fraction of sp³-hybridized carbons (Fsp3) is 0.342. The van der Waals surface area contributed by atoms with Crippen molar-refractivity contribution < 1.29 is 38.9 Å². The molecule has 286 valence electrons. The number of aromatic nitrogens is 3. The summed E-state index contributed by atoms with van der Waals surface area (Å²) in [5.74, 6) is -1.71. The highest BCUT2D eigenvalue weighted by atomic mass is 16.6. The molecular weight excluding hydrogens is 712 g/mol. The SMILES string of the molecule is CC(C)c1cc(-c2n[nH]c(=O)n2-c2ccc(CN3CCN(C(=O)COC(=O)Nc4cccc5c4CN(C4CCC(=O)NC4=O)C5=O)CC3)cc2)c(O)cc1O. The molecule has 4 aromatic rings. The van der Waals surface area contributed by atoms with Gasteiger partial charge in [0.25, 0.3) is 11.8 Å². The summed E-state index contributed by atoms with van der Waals surface area (Å²) in [4.78, 5) is 80.7. The van der Waals surface area contributed by atoms with Crippen LogP contribution < -0.4 is 16.3 Å². The van der Waals surface area contributed by atoms with Crippen molar-refractivity contribution in [2.24, 2.45) is 0 Å². The smallest absolute Gasteiger partial charge is 0.412 e. The van der Waals surface area contributed by atoms with Crippen LogP contribution >= 0.6 is 0 Å². The second kappa shape index (κ2) is 15.1. The summed E-state index contributed by atoms with van der Waals surface area (Å²) in [6, 6.07) is 14.3. The Labute approximate surface area is 314 Å². The first-order chi connectivity index (χ1) is 26.4. The first kappa shape index (κ1) is 36.9. The zero-order valence-corrected chi connectivity index (χ0v) is 30.2. The lowest BCUT2D eigenvalue weighted by molar-refractivity contribution is -0.137. The molecule has 0 aliphatic carbocycles. The molecule has 2 fully saturated rings. The van der Waals surface area contributed by atoms with Gasteiger partial charge in [-0.15, -0.1) is 0 Å². The van der Waals surface area contributed by atoms with Gasteiger partial charge in [0.1, 0.15) is 17.5 Å². The van der Waals surface area contributed by atoms with Crippen LogP contribution in [0, 0.1) is 0 Å². The Balaban J connectivity index is 0.899. The number of phenols is 2. The molecule has 17 nitrogen and oxygen atoms in total. The van der Waals surface area contributed by atoms with Crippen LogP contribution in [0.4, 0.5) is 10.5 Å². The Morgan fingerprint density at radius 3 is 2.42 bits per heavy atom. The molecule has 2 saturated heterocycles. The van der Waals surface area contributed by atoms with Crippen molar-refractivity contribution >= 4 is 35.4 Å². The number of benzene rings is 3. The minimum absolute atomic E-state index is 0.0296. The van der Waals surface area contributed by atoms with Crippen LogP contribution in [0.5, 0.6) is 11.5 Å². The van der Waals surface area contributed by atoms with Gasteiger partial charge >= 0.3 is 11.8 Å². The van der Waals surface area contributed by atoms with Gasteiger partial charge in [-0.1, -0.05) is 32.0 Å². The number of rotatable bonds is 9. The molecule has 1 unspecified atom stereocenters. The standard InChI is InChI=1S/C38H40N8O9/c1-21(2)25-16-26(31(48)17-30(25)47)34-41-42-37(53)46(34)23-8-6-22(7-9-23)18-43-12-14-44(15-13-43)33(50)20-55-38(54)39-28-5-3-4-24-27(28)19-45(36(24)52)29-10-11-32(49)40-35(29)51/h3-9,16-17,21,29,47-48H,10-15,18-20H2,1-2H3,(H,39,54)(H,42,53)(H,40,49,51). The highest BCUT2D eigenvalue weighted by Crippen LogP contribution is 2.37. The van der Waals surface area contributed by atoms with E-state index in [-0.39, 0.29) is 60.3 Å². The normalized spacial score (nSPS) is 17.4. The number of carbonyl (C=O) groups excluding carboxylic acids is 5. The summed E-state index contributed by atoms with van der Waals surface area (Å²) >= 11 is 0. The van der Waals surface area contributed by atoms with Gasteiger partial charge < -0.3 is 24.7 Å². The van der Waals surface area contributed by atoms with Crippen molar-refractivity contribution in [1.29, 1.82) is 0 Å². The molecule has 0 spiro atoms. The van der Waals surface area contributed by atoms with E-state index in [1.807, 2.05) is 26.0 Å². The molecule has 0 bridgehead atoms. The second-order valence-corrected chi connectivity index (χ2v) is 14.0. The monoisotopic (exact) mass is 752 g/mol. The van der Waals surface area contributed by atoms with Crippen LogP contribution in [0.2, 0.25) is 0 Å². The number of imide groups is 1. The number of piperazine rings is 1.